The van der Waals surface area contributed by atoms with Crippen LogP contribution in [0.4, 0.5) is 5.82 Å². The van der Waals surface area contributed by atoms with Gasteiger partial charge < -0.3 is 15.2 Å². The molecule has 0 saturated heterocycles. The van der Waals surface area contributed by atoms with Gasteiger partial charge in [-0.3, -0.25) is 5.10 Å². The van der Waals surface area contributed by atoms with Crippen molar-refractivity contribution >= 4 is 21.7 Å². The van der Waals surface area contributed by atoms with Crippen LogP contribution in [0, 0.1) is 0 Å². The average molecular weight is 312 g/mol. The van der Waals surface area contributed by atoms with Gasteiger partial charge in [-0.2, -0.15) is 5.10 Å². The first-order valence-electron chi connectivity index (χ1n) is 5.32. The number of methoxy groups -OCH3 is 2. The quantitative estimate of drug-likeness (QED) is 0.910. The third kappa shape index (κ3) is 2.34. The number of nitrogen functional groups attached to an aromatic ring is 1. The minimum atomic E-state index is 0.468. The second kappa shape index (κ2) is 5.41. The number of anilines is 1. The van der Waals surface area contributed by atoms with Crippen molar-refractivity contribution in [2.24, 2.45) is 0 Å². The number of nitrogens with zero attached hydrogens (tertiary/aromatic N) is 1. The molecule has 0 saturated carbocycles. The summed E-state index contributed by atoms with van der Waals surface area (Å²) in [6.07, 6.45) is 1.68. The number of hydrogen-bond donors (Lipinski definition) is 2. The molecule has 0 amide bonds. The van der Waals surface area contributed by atoms with Gasteiger partial charge in [0.1, 0.15) is 11.6 Å². The lowest BCUT2D eigenvalue weighted by atomic mass is 10.0. The Morgan fingerprint density at radius 3 is 2.72 bits per heavy atom. The topological polar surface area (TPSA) is 73.2 Å². The molecule has 0 fully saturated rings. The Morgan fingerprint density at radius 2 is 2.17 bits per heavy atom. The minimum absolute atomic E-state index is 0.468. The van der Waals surface area contributed by atoms with Gasteiger partial charge in [0.2, 0.25) is 0 Å². The zero-order valence-electron chi connectivity index (χ0n) is 10.2. The molecule has 0 aliphatic carbocycles. The van der Waals surface area contributed by atoms with E-state index in [9.17, 15) is 0 Å². The van der Waals surface area contributed by atoms with Crippen LogP contribution in [0.15, 0.2) is 22.8 Å². The number of aromatic nitrogens is 2. The van der Waals surface area contributed by atoms with Crippen molar-refractivity contribution in [3.8, 4) is 16.9 Å². The van der Waals surface area contributed by atoms with E-state index in [0.29, 0.717) is 12.4 Å². The summed E-state index contributed by atoms with van der Waals surface area (Å²) in [5.74, 6) is 1.23. The minimum Gasteiger partial charge on any atom is -0.496 e. The van der Waals surface area contributed by atoms with Crippen LogP contribution in [-0.4, -0.2) is 24.4 Å². The highest BCUT2D eigenvalue weighted by Crippen LogP contribution is 2.38. The van der Waals surface area contributed by atoms with Crippen LogP contribution < -0.4 is 10.5 Å². The fourth-order valence-corrected chi connectivity index (χ4v) is 2.35. The molecule has 0 atom stereocenters. The number of benzene rings is 1. The van der Waals surface area contributed by atoms with E-state index in [0.717, 1.165) is 26.9 Å². The fraction of sp³-hybridized carbons (Fsp3) is 0.250. The number of ether oxygens (including phenoxy) is 2. The smallest absolute Gasteiger partial charge is 0.128 e. The van der Waals surface area contributed by atoms with E-state index in [1.807, 2.05) is 12.1 Å². The maximum atomic E-state index is 5.87. The van der Waals surface area contributed by atoms with E-state index in [4.69, 9.17) is 15.2 Å². The highest BCUT2D eigenvalue weighted by molar-refractivity contribution is 9.10. The summed E-state index contributed by atoms with van der Waals surface area (Å²) >= 11 is 3.45. The van der Waals surface area contributed by atoms with E-state index >= 15 is 0 Å². The average Bonchev–Trinajstić information content (AvgIpc) is 2.75. The number of nitrogens with one attached hydrogen (secondary N) is 1. The molecule has 18 heavy (non-hydrogen) atoms. The van der Waals surface area contributed by atoms with Crippen molar-refractivity contribution in [3.05, 3.63) is 28.4 Å². The molecule has 1 aromatic heterocycles. The molecule has 0 bridgehead atoms. The van der Waals surface area contributed by atoms with Gasteiger partial charge in [0.05, 0.1) is 19.9 Å². The van der Waals surface area contributed by atoms with Gasteiger partial charge in [0, 0.05) is 22.7 Å². The Morgan fingerprint density at radius 1 is 1.39 bits per heavy atom. The predicted octanol–water partition coefficient (Wildman–Crippen LogP) is 2.58. The Kier molecular flexibility index (Phi) is 3.88. The molecule has 96 valence electrons. The van der Waals surface area contributed by atoms with Crippen LogP contribution in [0.25, 0.3) is 11.1 Å². The Hall–Kier alpha value is -1.53. The monoisotopic (exact) mass is 311 g/mol. The molecule has 2 rings (SSSR count). The van der Waals surface area contributed by atoms with Gasteiger partial charge in [-0.25, -0.2) is 0 Å². The third-order valence-electron chi connectivity index (χ3n) is 2.61. The molecule has 0 radical (unpaired) electrons. The summed E-state index contributed by atoms with van der Waals surface area (Å²) in [5.41, 5.74) is 8.56. The van der Waals surface area contributed by atoms with Gasteiger partial charge in [0.15, 0.2) is 0 Å². The van der Waals surface area contributed by atoms with Crippen molar-refractivity contribution in [2.45, 2.75) is 6.61 Å². The summed E-state index contributed by atoms with van der Waals surface area (Å²) in [6, 6.07) is 3.87. The molecule has 1 heterocycles. The maximum absolute atomic E-state index is 5.87. The van der Waals surface area contributed by atoms with Crippen molar-refractivity contribution in [2.75, 3.05) is 20.0 Å². The van der Waals surface area contributed by atoms with Crippen LogP contribution in [-0.2, 0) is 11.3 Å². The molecule has 6 heteroatoms. The Labute approximate surface area is 113 Å². The number of rotatable bonds is 4. The molecule has 5 nitrogen and oxygen atoms in total. The summed E-state index contributed by atoms with van der Waals surface area (Å²) in [5, 5.41) is 6.66. The summed E-state index contributed by atoms with van der Waals surface area (Å²) in [7, 11) is 3.27. The van der Waals surface area contributed by atoms with Crippen molar-refractivity contribution in [3.63, 3.8) is 0 Å². The molecule has 0 aliphatic heterocycles. The first-order chi connectivity index (χ1) is 8.67. The number of hydrogen-bond acceptors (Lipinski definition) is 4. The highest BCUT2D eigenvalue weighted by atomic mass is 79.9. The summed E-state index contributed by atoms with van der Waals surface area (Å²) in [6.45, 7) is 0.468. The first-order valence-corrected chi connectivity index (χ1v) is 6.11. The number of H-pyrrole nitrogens is 1. The maximum Gasteiger partial charge on any atom is 0.128 e. The van der Waals surface area contributed by atoms with Gasteiger partial charge in [-0.1, -0.05) is 15.9 Å². The zero-order chi connectivity index (χ0) is 13.1. The van der Waals surface area contributed by atoms with E-state index < -0.39 is 0 Å². The molecule has 0 spiro atoms. The number of nitrogens with two attached hydrogens (primary N) is 1. The zero-order valence-corrected chi connectivity index (χ0v) is 11.7. The normalized spacial score (nSPS) is 10.6. The summed E-state index contributed by atoms with van der Waals surface area (Å²) in [4.78, 5) is 0. The third-order valence-corrected chi connectivity index (χ3v) is 3.06. The van der Waals surface area contributed by atoms with E-state index in [-0.39, 0.29) is 0 Å². The SMILES string of the molecule is COCc1cc(Br)cc(OC)c1-c1cn[nH]c1N. The lowest BCUT2D eigenvalue weighted by molar-refractivity contribution is 0.185. The predicted molar refractivity (Wildman–Crippen MR) is 73.4 cm³/mol. The standard InChI is InChI=1S/C12H14BrN3O2/c1-17-6-7-3-8(13)4-10(18-2)11(7)9-5-15-16-12(9)14/h3-5H,6H2,1-2H3,(H3,14,15,16). The molecule has 2 aromatic rings. The molecule has 1 aromatic carbocycles. The van der Waals surface area contributed by atoms with Crippen molar-refractivity contribution in [1.29, 1.82) is 0 Å². The fourth-order valence-electron chi connectivity index (χ4n) is 1.87. The molecule has 3 N–H and O–H groups in total. The van der Waals surface area contributed by atoms with Gasteiger partial charge >= 0.3 is 0 Å². The molecular weight excluding hydrogens is 298 g/mol. The van der Waals surface area contributed by atoms with Crippen LogP contribution in [0.2, 0.25) is 0 Å². The van der Waals surface area contributed by atoms with Crippen molar-refractivity contribution < 1.29 is 9.47 Å². The van der Waals surface area contributed by atoms with Crippen LogP contribution in [0.5, 0.6) is 5.75 Å². The number of aromatic amines is 1. The second-order valence-corrected chi connectivity index (χ2v) is 4.69. The lowest BCUT2D eigenvalue weighted by Crippen LogP contribution is -1.98. The Bertz CT molecular complexity index is 554. The van der Waals surface area contributed by atoms with Crippen LogP contribution in [0.1, 0.15) is 5.56 Å². The van der Waals surface area contributed by atoms with Crippen molar-refractivity contribution in [1.82, 2.24) is 10.2 Å². The van der Waals surface area contributed by atoms with Crippen LogP contribution in [0.3, 0.4) is 0 Å². The molecule has 0 unspecified atom stereocenters. The Balaban J connectivity index is 2.66. The van der Waals surface area contributed by atoms with E-state index in [2.05, 4.69) is 26.1 Å². The lowest BCUT2D eigenvalue weighted by Gasteiger charge is -2.14. The first kappa shape index (κ1) is 12.9. The van der Waals surface area contributed by atoms with Gasteiger partial charge in [0.25, 0.3) is 0 Å². The molecular formula is C12H14BrN3O2. The van der Waals surface area contributed by atoms with E-state index in [1.165, 1.54) is 0 Å². The van der Waals surface area contributed by atoms with Gasteiger partial charge in [-0.15, -0.1) is 0 Å². The summed E-state index contributed by atoms with van der Waals surface area (Å²) < 4.78 is 11.6. The highest BCUT2D eigenvalue weighted by Gasteiger charge is 2.16. The second-order valence-electron chi connectivity index (χ2n) is 3.77. The number of halogens is 1. The van der Waals surface area contributed by atoms with E-state index in [1.54, 1.807) is 20.4 Å². The van der Waals surface area contributed by atoms with Gasteiger partial charge in [-0.05, 0) is 17.7 Å². The largest absolute Gasteiger partial charge is 0.496 e. The molecule has 0 aliphatic rings. The van der Waals surface area contributed by atoms with Crippen LogP contribution >= 0.6 is 15.9 Å².